The summed E-state index contributed by atoms with van der Waals surface area (Å²) in [6.45, 7) is 3.52. The minimum atomic E-state index is -4.43. The Kier molecular flexibility index (Phi) is 6.32. The predicted molar refractivity (Wildman–Crippen MR) is 70.1 cm³/mol. The Labute approximate surface area is 115 Å². The number of hydrogen-bond donors (Lipinski definition) is 2. The van der Waals surface area contributed by atoms with Crippen LogP contribution >= 0.6 is 12.4 Å². The zero-order valence-electron chi connectivity index (χ0n) is 10.5. The van der Waals surface area contributed by atoms with Gasteiger partial charge in [-0.05, 0) is 24.1 Å². The number of halogens is 4. The van der Waals surface area contributed by atoms with Crippen LogP contribution in [-0.4, -0.2) is 11.9 Å². The molecule has 108 valence electrons. The average Bonchev–Trinajstić information content (AvgIpc) is 2.27. The van der Waals surface area contributed by atoms with Crippen LogP contribution in [0.1, 0.15) is 19.4 Å². The molecule has 0 bridgehead atoms. The molecule has 1 aromatic rings. The van der Waals surface area contributed by atoms with Gasteiger partial charge in [-0.3, -0.25) is 4.79 Å². The summed E-state index contributed by atoms with van der Waals surface area (Å²) < 4.78 is 37.4. The van der Waals surface area contributed by atoms with Crippen molar-refractivity contribution in [2.24, 2.45) is 11.7 Å². The molecule has 0 aromatic heterocycles. The first-order chi connectivity index (χ1) is 8.21. The van der Waals surface area contributed by atoms with E-state index in [1.807, 2.05) is 0 Å². The van der Waals surface area contributed by atoms with Gasteiger partial charge in [0.15, 0.2) is 0 Å². The lowest BCUT2D eigenvalue weighted by Gasteiger charge is -2.16. The molecule has 0 aliphatic heterocycles. The number of benzene rings is 1. The summed E-state index contributed by atoms with van der Waals surface area (Å²) in [5.41, 5.74) is 4.88. The molecule has 19 heavy (non-hydrogen) atoms. The monoisotopic (exact) mass is 296 g/mol. The molecule has 3 nitrogen and oxygen atoms in total. The number of rotatable bonds is 3. The van der Waals surface area contributed by atoms with Gasteiger partial charge in [0.1, 0.15) is 0 Å². The molecule has 0 saturated carbocycles. The van der Waals surface area contributed by atoms with E-state index in [4.69, 9.17) is 5.73 Å². The zero-order valence-corrected chi connectivity index (χ0v) is 11.3. The third-order valence-electron chi connectivity index (χ3n) is 2.48. The molecule has 0 spiro atoms. The van der Waals surface area contributed by atoms with Crippen LogP contribution in [0, 0.1) is 5.92 Å². The van der Waals surface area contributed by atoms with Crippen molar-refractivity contribution in [1.82, 2.24) is 0 Å². The maximum absolute atomic E-state index is 12.5. The number of nitrogens with one attached hydrogen (secondary N) is 1. The fourth-order valence-electron chi connectivity index (χ4n) is 1.30. The summed E-state index contributed by atoms with van der Waals surface area (Å²) in [5.74, 6) is -0.583. The molecule has 1 amide bonds. The van der Waals surface area contributed by atoms with Crippen LogP contribution in [0.15, 0.2) is 24.3 Å². The molecule has 1 aromatic carbocycles. The minimum Gasteiger partial charge on any atom is -0.325 e. The summed E-state index contributed by atoms with van der Waals surface area (Å²) in [6, 6.07) is 3.70. The van der Waals surface area contributed by atoms with Crippen LogP contribution in [0.2, 0.25) is 0 Å². The first-order valence-corrected chi connectivity index (χ1v) is 5.45. The van der Waals surface area contributed by atoms with Crippen molar-refractivity contribution in [1.29, 1.82) is 0 Å². The number of anilines is 1. The maximum Gasteiger partial charge on any atom is 0.416 e. The normalized spacial score (nSPS) is 12.8. The molecule has 7 heteroatoms. The van der Waals surface area contributed by atoms with E-state index in [1.54, 1.807) is 13.8 Å². The Morgan fingerprint density at radius 3 is 2.37 bits per heavy atom. The number of amides is 1. The molecule has 0 aliphatic rings. The van der Waals surface area contributed by atoms with Crippen molar-refractivity contribution in [3.05, 3.63) is 29.8 Å². The minimum absolute atomic E-state index is 0. The molecule has 1 rings (SSSR count). The lowest BCUT2D eigenvalue weighted by Crippen LogP contribution is -2.39. The fourth-order valence-corrected chi connectivity index (χ4v) is 1.30. The van der Waals surface area contributed by atoms with Gasteiger partial charge in [0.05, 0.1) is 11.6 Å². The molecule has 0 saturated heterocycles. The van der Waals surface area contributed by atoms with Gasteiger partial charge in [0, 0.05) is 5.69 Å². The lowest BCUT2D eigenvalue weighted by atomic mass is 10.0. The van der Waals surface area contributed by atoms with E-state index in [-0.39, 0.29) is 24.0 Å². The van der Waals surface area contributed by atoms with Gasteiger partial charge in [-0.15, -0.1) is 12.4 Å². The number of carbonyl (C=O) groups excluding carboxylic acids is 1. The van der Waals surface area contributed by atoms with Gasteiger partial charge in [0.2, 0.25) is 5.91 Å². The summed E-state index contributed by atoms with van der Waals surface area (Å²) in [4.78, 5) is 11.6. The van der Waals surface area contributed by atoms with Gasteiger partial charge in [0.25, 0.3) is 0 Å². The third-order valence-corrected chi connectivity index (χ3v) is 2.48. The molecule has 1 atom stereocenters. The Morgan fingerprint density at radius 1 is 1.32 bits per heavy atom. The molecule has 3 N–H and O–H groups in total. The van der Waals surface area contributed by atoms with Gasteiger partial charge < -0.3 is 11.1 Å². The lowest BCUT2D eigenvalue weighted by molar-refractivity contribution is -0.137. The fraction of sp³-hybridized carbons (Fsp3) is 0.417. The van der Waals surface area contributed by atoms with Gasteiger partial charge in [-0.1, -0.05) is 19.9 Å². The Bertz CT molecular complexity index is 435. The second kappa shape index (κ2) is 6.77. The Hall–Kier alpha value is -1.27. The largest absolute Gasteiger partial charge is 0.416 e. The van der Waals surface area contributed by atoms with E-state index in [0.29, 0.717) is 0 Å². The second-order valence-electron chi connectivity index (χ2n) is 4.34. The highest BCUT2D eigenvalue weighted by Crippen LogP contribution is 2.30. The first-order valence-electron chi connectivity index (χ1n) is 5.45. The molecular weight excluding hydrogens is 281 g/mol. The number of alkyl halides is 3. The second-order valence-corrected chi connectivity index (χ2v) is 4.34. The summed E-state index contributed by atoms with van der Waals surface area (Å²) in [5, 5.41) is 2.37. The van der Waals surface area contributed by atoms with Crippen LogP contribution in [-0.2, 0) is 11.0 Å². The zero-order chi connectivity index (χ0) is 13.9. The highest BCUT2D eigenvalue weighted by atomic mass is 35.5. The highest BCUT2D eigenvalue weighted by molar-refractivity contribution is 5.94. The molecular formula is C12H16ClF3N2O. The average molecular weight is 297 g/mol. The van der Waals surface area contributed by atoms with Crippen molar-refractivity contribution >= 4 is 24.0 Å². The SMILES string of the molecule is CC(C)C(N)C(=O)Nc1cccc(C(F)(F)F)c1.Cl. The summed E-state index contributed by atoms with van der Waals surface area (Å²) in [7, 11) is 0. The molecule has 0 fully saturated rings. The molecule has 0 radical (unpaired) electrons. The van der Waals surface area contributed by atoms with E-state index in [1.165, 1.54) is 12.1 Å². The number of hydrogen-bond acceptors (Lipinski definition) is 2. The summed E-state index contributed by atoms with van der Waals surface area (Å²) in [6.07, 6.45) is -4.43. The predicted octanol–water partition coefficient (Wildman–Crippen LogP) is 3.05. The Balaban J connectivity index is 0.00000324. The Morgan fingerprint density at radius 2 is 1.89 bits per heavy atom. The van der Waals surface area contributed by atoms with Gasteiger partial charge >= 0.3 is 6.18 Å². The van der Waals surface area contributed by atoms with E-state index >= 15 is 0 Å². The first kappa shape index (κ1) is 17.7. The summed E-state index contributed by atoms with van der Waals surface area (Å²) >= 11 is 0. The van der Waals surface area contributed by atoms with Crippen LogP contribution in [0.5, 0.6) is 0 Å². The smallest absolute Gasteiger partial charge is 0.325 e. The van der Waals surface area contributed by atoms with E-state index in [9.17, 15) is 18.0 Å². The van der Waals surface area contributed by atoms with Crippen molar-refractivity contribution < 1.29 is 18.0 Å². The van der Waals surface area contributed by atoms with Crippen molar-refractivity contribution in [3.8, 4) is 0 Å². The van der Waals surface area contributed by atoms with Crippen LogP contribution < -0.4 is 11.1 Å². The molecule has 1 unspecified atom stereocenters. The highest BCUT2D eigenvalue weighted by Gasteiger charge is 2.30. The van der Waals surface area contributed by atoms with E-state index in [2.05, 4.69) is 5.32 Å². The van der Waals surface area contributed by atoms with Crippen molar-refractivity contribution in [3.63, 3.8) is 0 Å². The van der Waals surface area contributed by atoms with Crippen molar-refractivity contribution in [2.75, 3.05) is 5.32 Å². The van der Waals surface area contributed by atoms with Crippen LogP contribution in [0.4, 0.5) is 18.9 Å². The quantitative estimate of drug-likeness (QED) is 0.901. The van der Waals surface area contributed by atoms with E-state index < -0.39 is 23.7 Å². The van der Waals surface area contributed by atoms with Gasteiger partial charge in [-0.2, -0.15) is 13.2 Å². The van der Waals surface area contributed by atoms with Crippen LogP contribution in [0.3, 0.4) is 0 Å². The standard InChI is InChI=1S/C12H15F3N2O.ClH/c1-7(2)10(16)11(18)17-9-5-3-4-8(6-9)12(13,14)15;/h3-7,10H,16H2,1-2H3,(H,17,18);1H. The molecule has 0 aliphatic carbocycles. The van der Waals surface area contributed by atoms with Gasteiger partial charge in [-0.25, -0.2) is 0 Å². The third kappa shape index (κ3) is 5.08. The maximum atomic E-state index is 12.5. The molecule has 0 heterocycles. The number of nitrogens with two attached hydrogens (primary N) is 1. The number of carbonyl (C=O) groups is 1. The van der Waals surface area contributed by atoms with Crippen molar-refractivity contribution in [2.45, 2.75) is 26.1 Å². The van der Waals surface area contributed by atoms with Crippen LogP contribution in [0.25, 0.3) is 0 Å². The van der Waals surface area contributed by atoms with E-state index in [0.717, 1.165) is 12.1 Å². The topological polar surface area (TPSA) is 55.1 Å².